The second-order valence-corrected chi connectivity index (χ2v) is 6.14. The minimum absolute atomic E-state index is 0.472. The third kappa shape index (κ3) is 4.03. The standard InChI is InChI=1S/C16H25ClN2O/c1-4-9-20-16-6-5-13(17)10-15(16)18-14-7-8-19(11-14)12(2)3/h5-6,10,12,14,18H,4,7-9,11H2,1-3H3. The number of rotatable bonds is 6. The first-order chi connectivity index (χ1) is 9.60. The Morgan fingerprint density at radius 3 is 2.90 bits per heavy atom. The van der Waals surface area contributed by atoms with E-state index < -0.39 is 0 Å². The number of halogens is 1. The average molecular weight is 297 g/mol. The van der Waals surface area contributed by atoms with Gasteiger partial charge in [-0.2, -0.15) is 0 Å². The van der Waals surface area contributed by atoms with E-state index in [1.807, 2.05) is 18.2 Å². The molecule has 0 aliphatic carbocycles. The molecule has 1 fully saturated rings. The van der Waals surface area contributed by atoms with Gasteiger partial charge in [0.05, 0.1) is 12.3 Å². The number of likely N-dealkylation sites (tertiary alicyclic amines) is 1. The molecule has 1 unspecified atom stereocenters. The highest BCUT2D eigenvalue weighted by Crippen LogP contribution is 2.30. The molecule has 1 saturated heterocycles. The highest BCUT2D eigenvalue weighted by Gasteiger charge is 2.24. The number of nitrogens with one attached hydrogen (secondary N) is 1. The Morgan fingerprint density at radius 1 is 1.45 bits per heavy atom. The van der Waals surface area contributed by atoms with Crippen molar-refractivity contribution in [1.82, 2.24) is 4.90 Å². The molecule has 0 radical (unpaired) electrons. The summed E-state index contributed by atoms with van der Waals surface area (Å²) < 4.78 is 5.79. The topological polar surface area (TPSA) is 24.5 Å². The van der Waals surface area contributed by atoms with Crippen molar-refractivity contribution < 1.29 is 4.74 Å². The molecule has 1 aromatic rings. The SMILES string of the molecule is CCCOc1ccc(Cl)cc1NC1CCN(C(C)C)C1. The minimum Gasteiger partial charge on any atom is -0.491 e. The largest absolute Gasteiger partial charge is 0.491 e. The lowest BCUT2D eigenvalue weighted by atomic mass is 10.2. The van der Waals surface area contributed by atoms with E-state index in [9.17, 15) is 0 Å². The van der Waals surface area contributed by atoms with Crippen molar-refractivity contribution >= 4 is 17.3 Å². The lowest BCUT2D eigenvalue weighted by molar-refractivity contribution is 0.274. The van der Waals surface area contributed by atoms with Gasteiger partial charge in [0.15, 0.2) is 0 Å². The monoisotopic (exact) mass is 296 g/mol. The first kappa shape index (κ1) is 15.5. The van der Waals surface area contributed by atoms with E-state index in [0.29, 0.717) is 12.1 Å². The average Bonchev–Trinajstić information content (AvgIpc) is 2.87. The summed E-state index contributed by atoms with van der Waals surface area (Å²) in [6.45, 7) is 9.58. The molecular formula is C16H25ClN2O. The molecule has 2 rings (SSSR count). The van der Waals surface area contributed by atoms with Crippen molar-refractivity contribution in [3.05, 3.63) is 23.2 Å². The van der Waals surface area contributed by atoms with Gasteiger partial charge in [-0.05, 0) is 44.9 Å². The van der Waals surface area contributed by atoms with Gasteiger partial charge in [-0.3, -0.25) is 4.90 Å². The Kier molecular flexibility index (Phi) is 5.55. The van der Waals surface area contributed by atoms with Gasteiger partial charge in [0.2, 0.25) is 0 Å². The van der Waals surface area contributed by atoms with Crippen molar-refractivity contribution in [3.63, 3.8) is 0 Å². The summed E-state index contributed by atoms with van der Waals surface area (Å²) in [6, 6.07) is 6.88. The van der Waals surface area contributed by atoms with Crippen molar-refractivity contribution in [3.8, 4) is 5.75 Å². The van der Waals surface area contributed by atoms with Crippen LogP contribution < -0.4 is 10.1 Å². The Labute approximate surface area is 127 Å². The summed E-state index contributed by atoms with van der Waals surface area (Å²) in [5.41, 5.74) is 1.02. The third-order valence-electron chi connectivity index (χ3n) is 3.71. The number of hydrogen-bond acceptors (Lipinski definition) is 3. The molecule has 1 aromatic carbocycles. The smallest absolute Gasteiger partial charge is 0.142 e. The summed E-state index contributed by atoms with van der Waals surface area (Å²) in [4.78, 5) is 2.49. The number of ether oxygens (including phenoxy) is 1. The molecule has 0 amide bonds. The molecule has 20 heavy (non-hydrogen) atoms. The normalized spacial score (nSPS) is 19.6. The number of benzene rings is 1. The summed E-state index contributed by atoms with van der Waals surface area (Å²) in [6.07, 6.45) is 2.17. The fourth-order valence-corrected chi connectivity index (χ4v) is 2.72. The molecule has 4 heteroatoms. The highest BCUT2D eigenvalue weighted by molar-refractivity contribution is 6.30. The quantitative estimate of drug-likeness (QED) is 0.858. The molecule has 1 aliphatic rings. The molecular weight excluding hydrogens is 272 g/mol. The predicted molar refractivity (Wildman–Crippen MR) is 86.0 cm³/mol. The van der Waals surface area contributed by atoms with Crippen LogP contribution >= 0.6 is 11.6 Å². The Morgan fingerprint density at radius 2 is 2.25 bits per heavy atom. The lowest BCUT2D eigenvalue weighted by Gasteiger charge is -2.21. The van der Waals surface area contributed by atoms with Crippen LogP contribution in [-0.4, -0.2) is 36.7 Å². The second kappa shape index (κ2) is 7.19. The minimum atomic E-state index is 0.472. The van der Waals surface area contributed by atoms with Gasteiger partial charge in [-0.25, -0.2) is 0 Å². The van der Waals surface area contributed by atoms with Gasteiger partial charge in [-0.1, -0.05) is 18.5 Å². The lowest BCUT2D eigenvalue weighted by Crippen LogP contribution is -2.31. The molecule has 1 N–H and O–H groups in total. The molecule has 112 valence electrons. The van der Waals surface area contributed by atoms with Gasteiger partial charge in [0.1, 0.15) is 5.75 Å². The van der Waals surface area contributed by atoms with Crippen molar-refractivity contribution in [2.24, 2.45) is 0 Å². The maximum absolute atomic E-state index is 6.11. The molecule has 1 aliphatic heterocycles. The zero-order valence-electron chi connectivity index (χ0n) is 12.7. The molecule has 1 heterocycles. The molecule has 1 atom stereocenters. The zero-order chi connectivity index (χ0) is 14.5. The molecule has 0 saturated carbocycles. The summed E-state index contributed by atoms with van der Waals surface area (Å²) in [7, 11) is 0. The van der Waals surface area contributed by atoms with Crippen LogP contribution in [0, 0.1) is 0 Å². The Bertz CT molecular complexity index is 436. The number of hydrogen-bond donors (Lipinski definition) is 1. The maximum atomic E-state index is 6.11. The van der Waals surface area contributed by atoms with Crippen LogP contribution in [0.4, 0.5) is 5.69 Å². The van der Waals surface area contributed by atoms with Crippen LogP contribution in [0.3, 0.4) is 0 Å². The van der Waals surface area contributed by atoms with E-state index in [2.05, 4.69) is 31.0 Å². The Hall–Kier alpha value is -0.930. The van der Waals surface area contributed by atoms with Crippen molar-refractivity contribution in [1.29, 1.82) is 0 Å². The van der Waals surface area contributed by atoms with Gasteiger partial charge in [0.25, 0.3) is 0 Å². The van der Waals surface area contributed by atoms with E-state index in [1.54, 1.807) is 0 Å². The van der Waals surface area contributed by atoms with Gasteiger partial charge < -0.3 is 10.1 Å². The van der Waals surface area contributed by atoms with Crippen LogP contribution in [0.2, 0.25) is 5.02 Å². The molecule has 3 nitrogen and oxygen atoms in total. The third-order valence-corrected chi connectivity index (χ3v) is 3.95. The summed E-state index contributed by atoms with van der Waals surface area (Å²) in [5, 5.41) is 4.34. The van der Waals surface area contributed by atoms with Gasteiger partial charge >= 0.3 is 0 Å². The van der Waals surface area contributed by atoms with Crippen LogP contribution in [0.15, 0.2) is 18.2 Å². The van der Waals surface area contributed by atoms with Crippen LogP contribution in [0.5, 0.6) is 5.75 Å². The fourth-order valence-electron chi connectivity index (χ4n) is 2.55. The fraction of sp³-hybridized carbons (Fsp3) is 0.625. The van der Waals surface area contributed by atoms with Crippen molar-refractivity contribution in [2.75, 3.05) is 25.0 Å². The van der Waals surface area contributed by atoms with E-state index in [-0.39, 0.29) is 0 Å². The van der Waals surface area contributed by atoms with E-state index in [4.69, 9.17) is 16.3 Å². The second-order valence-electron chi connectivity index (χ2n) is 5.71. The van der Waals surface area contributed by atoms with Gasteiger partial charge in [0, 0.05) is 30.2 Å². The first-order valence-electron chi connectivity index (χ1n) is 7.53. The predicted octanol–water partition coefficient (Wildman–Crippen LogP) is 4.02. The Balaban J connectivity index is 2.02. The van der Waals surface area contributed by atoms with E-state index >= 15 is 0 Å². The van der Waals surface area contributed by atoms with Crippen LogP contribution in [0.25, 0.3) is 0 Å². The van der Waals surface area contributed by atoms with E-state index in [1.165, 1.54) is 0 Å². The van der Waals surface area contributed by atoms with Crippen LogP contribution in [0.1, 0.15) is 33.6 Å². The summed E-state index contributed by atoms with van der Waals surface area (Å²) in [5.74, 6) is 0.902. The molecule has 0 aromatic heterocycles. The molecule has 0 bridgehead atoms. The molecule has 0 spiro atoms. The first-order valence-corrected chi connectivity index (χ1v) is 7.91. The van der Waals surface area contributed by atoms with Crippen LogP contribution in [-0.2, 0) is 0 Å². The van der Waals surface area contributed by atoms with Crippen molar-refractivity contribution in [2.45, 2.75) is 45.7 Å². The van der Waals surface area contributed by atoms with Gasteiger partial charge in [-0.15, -0.1) is 0 Å². The zero-order valence-corrected chi connectivity index (χ0v) is 13.4. The van der Waals surface area contributed by atoms with E-state index in [0.717, 1.165) is 49.0 Å². The highest BCUT2D eigenvalue weighted by atomic mass is 35.5. The maximum Gasteiger partial charge on any atom is 0.142 e. The number of nitrogens with zero attached hydrogens (tertiary/aromatic N) is 1. The number of anilines is 1. The summed E-state index contributed by atoms with van der Waals surface area (Å²) >= 11 is 6.11.